The number of aliphatic hydroxyl groups is 1. The monoisotopic (exact) mass is 298 g/mol. The second kappa shape index (κ2) is 4.26. The lowest BCUT2D eigenvalue weighted by Gasteiger charge is -2.43. The van der Waals surface area contributed by atoms with E-state index in [1.807, 2.05) is 18.2 Å². The maximum absolute atomic E-state index is 10.3. The topological polar surface area (TPSA) is 38.7 Å². The van der Waals surface area contributed by atoms with E-state index in [4.69, 9.17) is 9.47 Å². The smallest absolute Gasteiger partial charge is 0.126 e. The molecule has 17 heavy (non-hydrogen) atoms. The zero-order chi connectivity index (χ0) is 11.9. The number of ether oxygens (including phenoxy) is 2. The van der Waals surface area contributed by atoms with Crippen molar-refractivity contribution in [2.45, 2.75) is 31.0 Å². The molecule has 3 rings (SSSR count). The molecule has 0 unspecified atom stereocenters. The van der Waals surface area contributed by atoms with Gasteiger partial charge in [-0.1, -0.05) is 15.9 Å². The van der Waals surface area contributed by atoms with E-state index >= 15 is 0 Å². The van der Waals surface area contributed by atoms with Crippen LogP contribution in [0, 0.1) is 0 Å². The molecule has 0 saturated carbocycles. The SMILES string of the molecule is O[C@@H]1CC2(CCOCC2)Oc2ccc(Br)cc21. The van der Waals surface area contributed by atoms with Gasteiger partial charge in [-0.05, 0) is 18.2 Å². The number of aliphatic hydroxyl groups excluding tert-OH is 1. The van der Waals surface area contributed by atoms with Gasteiger partial charge >= 0.3 is 0 Å². The fraction of sp³-hybridized carbons (Fsp3) is 0.538. The van der Waals surface area contributed by atoms with Gasteiger partial charge in [-0.15, -0.1) is 0 Å². The van der Waals surface area contributed by atoms with E-state index in [1.165, 1.54) is 0 Å². The molecule has 0 aliphatic carbocycles. The predicted octanol–water partition coefficient (Wildman–Crippen LogP) is 2.81. The first kappa shape index (κ1) is 11.5. The van der Waals surface area contributed by atoms with E-state index in [-0.39, 0.29) is 5.60 Å². The minimum absolute atomic E-state index is 0.224. The molecule has 1 atom stereocenters. The minimum atomic E-state index is -0.436. The van der Waals surface area contributed by atoms with Crippen molar-refractivity contribution in [3.05, 3.63) is 28.2 Å². The summed E-state index contributed by atoms with van der Waals surface area (Å²) in [6.07, 6.45) is 1.95. The molecule has 1 spiro atoms. The summed E-state index contributed by atoms with van der Waals surface area (Å²) >= 11 is 3.42. The van der Waals surface area contributed by atoms with Crippen LogP contribution in [0.5, 0.6) is 5.75 Å². The van der Waals surface area contributed by atoms with Gasteiger partial charge in [0.05, 0.1) is 19.3 Å². The Balaban J connectivity index is 1.94. The van der Waals surface area contributed by atoms with E-state index in [9.17, 15) is 5.11 Å². The van der Waals surface area contributed by atoms with E-state index in [0.29, 0.717) is 6.42 Å². The summed E-state index contributed by atoms with van der Waals surface area (Å²) in [5.74, 6) is 0.814. The Labute approximate surface area is 109 Å². The molecule has 3 nitrogen and oxygen atoms in total. The van der Waals surface area contributed by atoms with Gasteiger partial charge in [0, 0.05) is 29.3 Å². The van der Waals surface area contributed by atoms with Crippen LogP contribution >= 0.6 is 15.9 Å². The van der Waals surface area contributed by atoms with Crippen molar-refractivity contribution in [3.63, 3.8) is 0 Å². The van der Waals surface area contributed by atoms with Crippen molar-refractivity contribution in [3.8, 4) is 5.75 Å². The Morgan fingerprint density at radius 2 is 2.06 bits per heavy atom. The van der Waals surface area contributed by atoms with Crippen molar-refractivity contribution >= 4 is 15.9 Å². The first-order chi connectivity index (χ1) is 8.19. The Hall–Kier alpha value is -0.580. The van der Waals surface area contributed by atoms with Gasteiger partial charge in [0.1, 0.15) is 11.4 Å². The summed E-state index contributed by atoms with van der Waals surface area (Å²) in [4.78, 5) is 0. The standard InChI is InChI=1S/C13H15BrO3/c14-9-1-2-12-10(7-9)11(15)8-13(17-12)3-5-16-6-4-13/h1-2,7,11,15H,3-6,8H2/t11-/m1/s1. The van der Waals surface area contributed by atoms with Crippen LogP contribution in [0.1, 0.15) is 30.9 Å². The molecule has 92 valence electrons. The number of rotatable bonds is 0. The summed E-state index contributed by atoms with van der Waals surface area (Å²) in [5, 5.41) is 10.3. The highest BCUT2D eigenvalue weighted by molar-refractivity contribution is 9.10. The average Bonchev–Trinajstić information content (AvgIpc) is 2.31. The molecule has 0 radical (unpaired) electrons. The van der Waals surface area contributed by atoms with Crippen molar-refractivity contribution in [1.82, 2.24) is 0 Å². The van der Waals surface area contributed by atoms with Crippen LogP contribution in [-0.2, 0) is 4.74 Å². The molecule has 1 N–H and O–H groups in total. The number of fused-ring (bicyclic) bond motifs is 1. The summed E-state index contributed by atoms with van der Waals surface area (Å²) in [6, 6.07) is 5.81. The van der Waals surface area contributed by atoms with Crippen molar-refractivity contribution in [1.29, 1.82) is 0 Å². The first-order valence-corrected chi connectivity index (χ1v) is 6.72. The van der Waals surface area contributed by atoms with Gasteiger partial charge in [-0.3, -0.25) is 0 Å². The van der Waals surface area contributed by atoms with Crippen LogP contribution in [0.25, 0.3) is 0 Å². The number of hydrogen-bond acceptors (Lipinski definition) is 3. The average molecular weight is 299 g/mol. The maximum Gasteiger partial charge on any atom is 0.126 e. The van der Waals surface area contributed by atoms with Crippen molar-refractivity contribution in [2.75, 3.05) is 13.2 Å². The number of benzene rings is 1. The van der Waals surface area contributed by atoms with Crippen LogP contribution in [0.2, 0.25) is 0 Å². The van der Waals surface area contributed by atoms with E-state index in [2.05, 4.69) is 15.9 Å². The van der Waals surface area contributed by atoms with Crippen LogP contribution in [0.4, 0.5) is 0 Å². The zero-order valence-corrected chi connectivity index (χ0v) is 11.1. The van der Waals surface area contributed by atoms with E-state index < -0.39 is 6.10 Å². The van der Waals surface area contributed by atoms with Gasteiger partial charge in [-0.25, -0.2) is 0 Å². The lowest BCUT2D eigenvalue weighted by atomic mass is 9.83. The quantitative estimate of drug-likeness (QED) is 0.800. The van der Waals surface area contributed by atoms with Crippen LogP contribution in [-0.4, -0.2) is 23.9 Å². The number of halogens is 1. The zero-order valence-electron chi connectivity index (χ0n) is 9.49. The third-order valence-corrected chi connectivity index (χ3v) is 4.12. The molecule has 0 bridgehead atoms. The van der Waals surface area contributed by atoms with E-state index in [0.717, 1.165) is 41.8 Å². The van der Waals surface area contributed by atoms with Crippen molar-refractivity contribution in [2.24, 2.45) is 0 Å². The Bertz CT molecular complexity index is 427. The third kappa shape index (κ3) is 2.09. The first-order valence-electron chi connectivity index (χ1n) is 5.93. The Kier molecular flexibility index (Phi) is 2.89. The highest BCUT2D eigenvalue weighted by Crippen LogP contribution is 2.44. The van der Waals surface area contributed by atoms with Gasteiger partial charge in [0.25, 0.3) is 0 Å². The summed E-state index contributed by atoms with van der Waals surface area (Å²) in [6.45, 7) is 1.44. The molecule has 4 heteroatoms. The molecule has 2 aliphatic rings. The number of hydrogen-bond donors (Lipinski definition) is 1. The van der Waals surface area contributed by atoms with Gasteiger partial charge in [-0.2, -0.15) is 0 Å². The van der Waals surface area contributed by atoms with Crippen LogP contribution in [0.3, 0.4) is 0 Å². The Morgan fingerprint density at radius 3 is 2.82 bits per heavy atom. The lowest BCUT2D eigenvalue weighted by Crippen LogP contribution is -2.45. The molecule has 2 heterocycles. The second-order valence-corrected chi connectivity index (χ2v) is 5.72. The molecule has 0 aromatic heterocycles. The highest BCUT2D eigenvalue weighted by Gasteiger charge is 2.41. The lowest BCUT2D eigenvalue weighted by molar-refractivity contribution is -0.0839. The fourth-order valence-corrected chi connectivity index (χ4v) is 3.04. The highest BCUT2D eigenvalue weighted by atomic mass is 79.9. The normalized spacial score (nSPS) is 26.4. The van der Waals surface area contributed by atoms with Gasteiger partial charge in [0.2, 0.25) is 0 Å². The molecule has 1 aromatic carbocycles. The van der Waals surface area contributed by atoms with E-state index in [1.54, 1.807) is 0 Å². The van der Waals surface area contributed by atoms with Crippen LogP contribution in [0.15, 0.2) is 22.7 Å². The molecular formula is C13H15BrO3. The summed E-state index contributed by atoms with van der Waals surface area (Å²) in [5.41, 5.74) is 0.662. The molecule has 0 amide bonds. The maximum atomic E-state index is 10.3. The predicted molar refractivity (Wildman–Crippen MR) is 67.1 cm³/mol. The second-order valence-electron chi connectivity index (χ2n) is 4.80. The molecule has 2 aliphatic heterocycles. The van der Waals surface area contributed by atoms with Crippen molar-refractivity contribution < 1.29 is 14.6 Å². The summed E-state index contributed by atoms with van der Waals surface area (Å²) < 4.78 is 12.5. The third-order valence-electron chi connectivity index (χ3n) is 3.63. The largest absolute Gasteiger partial charge is 0.487 e. The van der Waals surface area contributed by atoms with Gasteiger partial charge < -0.3 is 14.6 Å². The Morgan fingerprint density at radius 1 is 1.29 bits per heavy atom. The summed E-state index contributed by atoms with van der Waals surface area (Å²) in [7, 11) is 0. The van der Waals surface area contributed by atoms with Crippen LogP contribution < -0.4 is 4.74 Å². The molecule has 1 aromatic rings. The minimum Gasteiger partial charge on any atom is -0.487 e. The molecule has 1 saturated heterocycles. The fourth-order valence-electron chi connectivity index (χ4n) is 2.66. The van der Waals surface area contributed by atoms with Gasteiger partial charge in [0.15, 0.2) is 0 Å². The molecule has 1 fully saturated rings. The molecular weight excluding hydrogens is 284 g/mol.